The number of rotatable bonds is 6. The molecule has 0 fully saturated rings. The lowest BCUT2D eigenvalue weighted by atomic mass is 10.2. The first-order valence-corrected chi connectivity index (χ1v) is 4.51. The standard InChI is InChI=1S/C6H12Cl2N4O2/c7-12(8)4(5(13)14)2-1-3-11-6(9)10/h4H,1-3H2,(H,13,14)(H4,9,10,11)/t4-/m0/s1. The van der Waals surface area contributed by atoms with Gasteiger partial charge in [0.1, 0.15) is 6.04 Å². The second-order valence-electron chi connectivity index (χ2n) is 2.56. The van der Waals surface area contributed by atoms with Gasteiger partial charge in [-0.2, -0.15) is 0 Å². The molecule has 0 unspecified atom stereocenters. The number of hydrogen-bond donors (Lipinski definition) is 3. The van der Waals surface area contributed by atoms with E-state index in [9.17, 15) is 4.79 Å². The molecular weight excluding hydrogens is 231 g/mol. The molecule has 0 aliphatic carbocycles. The summed E-state index contributed by atoms with van der Waals surface area (Å²) in [5, 5.41) is 8.66. The normalized spacial score (nSPS) is 12.5. The van der Waals surface area contributed by atoms with Crippen LogP contribution in [-0.2, 0) is 4.79 Å². The number of guanidine groups is 1. The van der Waals surface area contributed by atoms with Gasteiger partial charge in [0, 0.05) is 6.54 Å². The van der Waals surface area contributed by atoms with E-state index in [2.05, 4.69) is 4.99 Å². The molecule has 0 spiro atoms. The number of halogens is 2. The third kappa shape index (κ3) is 5.85. The van der Waals surface area contributed by atoms with E-state index in [1.54, 1.807) is 0 Å². The van der Waals surface area contributed by atoms with Crippen LogP contribution in [0.3, 0.4) is 0 Å². The van der Waals surface area contributed by atoms with E-state index in [0.717, 1.165) is 0 Å². The first-order chi connectivity index (χ1) is 6.45. The van der Waals surface area contributed by atoms with Gasteiger partial charge in [0.15, 0.2) is 5.96 Å². The largest absolute Gasteiger partial charge is 0.480 e. The van der Waals surface area contributed by atoms with Crippen LogP contribution in [0.1, 0.15) is 12.8 Å². The maximum absolute atomic E-state index is 10.6. The molecule has 1 atom stereocenters. The second kappa shape index (κ2) is 6.69. The molecule has 6 nitrogen and oxygen atoms in total. The zero-order valence-corrected chi connectivity index (χ0v) is 8.87. The summed E-state index contributed by atoms with van der Waals surface area (Å²) in [4.78, 5) is 14.3. The van der Waals surface area contributed by atoms with Crippen molar-refractivity contribution in [2.24, 2.45) is 16.5 Å². The van der Waals surface area contributed by atoms with Crippen LogP contribution in [-0.4, -0.2) is 33.6 Å². The van der Waals surface area contributed by atoms with Crippen molar-refractivity contribution in [3.63, 3.8) is 0 Å². The maximum Gasteiger partial charge on any atom is 0.323 e. The van der Waals surface area contributed by atoms with Gasteiger partial charge in [0.25, 0.3) is 0 Å². The van der Waals surface area contributed by atoms with E-state index in [1.165, 1.54) is 0 Å². The quantitative estimate of drug-likeness (QED) is 0.265. The molecule has 0 bridgehead atoms. The maximum atomic E-state index is 10.6. The molecule has 0 aromatic carbocycles. The summed E-state index contributed by atoms with van der Waals surface area (Å²) in [6.07, 6.45) is 0.768. The SMILES string of the molecule is NC(N)=NCCC[C@@H](C(=O)O)N(Cl)Cl. The minimum absolute atomic E-state index is 0.0227. The van der Waals surface area contributed by atoms with Crippen LogP contribution in [0.4, 0.5) is 0 Å². The monoisotopic (exact) mass is 242 g/mol. The average molecular weight is 243 g/mol. The fourth-order valence-electron chi connectivity index (χ4n) is 0.797. The molecule has 14 heavy (non-hydrogen) atoms. The Morgan fingerprint density at radius 3 is 2.43 bits per heavy atom. The number of hydrogen-bond acceptors (Lipinski definition) is 3. The van der Waals surface area contributed by atoms with E-state index in [0.29, 0.717) is 16.9 Å². The Morgan fingerprint density at radius 2 is 2.07 bits per heavy atom. The van der Waals surface area contributed by atoms with Gasteiger partial charge in [-0.1, -0.05) is 0 Å². The Labute approximate surface area is 91.7 Å². The van der Waals surface area contributed by atoms with Crippen molar-refractivity contribution in [2.45, 2.75) is 18.9 Å². The molecule has 0 aliphatic rings. The molecular formula is C6H12Cl2N4O2. The Kier molecular flexibility index (Phi) is 6.35. The van der Waals surface area contributed by atoms with Crippen LogP contribution in [0.5, 0.6) is 0 Å². The molecule has 0 saturated carbocycles. The molecule has 0 saturated heterocycles. The molecule has 0 aromatic rings. The summed E-state index contributed by atoms with van der Waals surface area (Å²) in [5.74, 6) is -1.11. The lowest BCUT2D eigenvalue weighted by Gasteiger charge is -2.13. The highest BCUT2D eigenvalue weighted by molar-refractivity contribution is 6.34. The van der Waals surface area contributed by atoms with Crippen molar-refractivity contribution in [1.82, 2.24) is 3.94 Å². The summed E-state index contributed by atoms with van der Waals surface area (Å²) < 4.78 is 0.609. The molecule has 5 N–H and O–H groups in total. The van der Waals surface area contributed by atoms with E-state index in [1.807, 2.05) is 0 Å². The van der Waals surface area contributed by atoms with Gasteiger partial charge in [-0.05, 0) is 36.4 Å². The number of aliphatic carboxylic acids is 1. The van der Waals surface area contributed by atoms with E-state index < -0.39 is 12.0 Å². The average Bonchev–Trinajstić information content (AvgIpc) is 2.01. The number of carboxylic acid groups (broad SMARTS) is 1. The first-order valence-electron chi connectivity index (χ1n) is 3.84. The summed E-state index contributed by atoms with van der Waals surface area (Å²) in [5.41, 5.74) is 10.2. The van der Waals surface area contributed by atoms with Gasteiger partial charge >= 0.3 is 5.97 Å². The van der Waals surface area contributed by atoms with Gasteiger partial charge in [0.2, 0.25) is 0 Å². The number of nitrogens with two attached hydrogens (primary N) is 2. The highest BCUT2D eigenvalue weighted by atomic mass is 35.5. The Morgan fingerprint density at radius 1 is 1.50 bits per heavy atom. The molecule has 0 rings (SSSR count). The highest BCUT2D eigenvalue weighted by Gasteiger charge is 2.22. The zero-order valence-electron chi connectivity index (χ0n) is 7.36. The highest BCUT2D eigenvalue weighted by Crippen LogP contribution is 2.13. The van der Waals surface area contributed by atoms with Gasteiger partial charge in [-0.15, -0.1) is 3.94 Å². The molecule has 8 heteroatoms. The second-order valence-corrected chi connectivity index (χ2v) is 3.46. The fourth-order valence-corrected chi connectivity index (χ4v) is 1.16. The Balaban J connectivity index is 3.84. The van der Waals surface area contributed by atoms with Crippen molar-refractivity contribution in [3.05, 3.63) is 0 Å². The number of aliphatic imine (C=N–C) groups is 1. The van der Waals surface area contributed by atoms with Crippen LogP contribution >= 0.6 is 23.6 Å². The van der Waals surface area contributed by atoms with Crippen LogP contribution in [0.25, 0.3) is 0 Å². The third-order valence-electron chi connectivity index (χ3n) is 1.45. The van der Waals surface area contributed by atoms with E-state index in [-0.39, 0.29) is 12.4 Å². The summed E-state index contributed by atoms with van der Waals surface area (Å²) in [6, 6.07) is -0.937. The van der Waals surface area contributed by atoms with Crippen molar-refractivity contribution < 1.29 is 9.90 Å². The predicted octanol–water partition coefficient (Wildman–Crippen LogP) is 0.103. The van der Waals surface area contributed by atoms with Crippen molar-refractivity contribution in [2.75, 3.05) is 6.54 Å². The molecule has 82 valence electrons. The molecule has 0 heterocycles. The molecule has 0 aliphatic heterocycles. The lowest BCUT2D eigenvalue weighted by molar-refractivity contribution is -0.140. The summed E-state index contributed by atoms with van der Waals surface area (Å²) in [7, 11) is 0. The Hall–Kier alpha value is -0.720. The third-order valence-corrected chi connectivity index (χ3v) is 1.92. The van der Waals surface area contributed by atoms with Crippen LogP contribution < -0.4 is 11.5 Å². The predicted molar refractivity (Wildman–Crippen MR) is 54.9 cm³/mol. The Bertz CT molecular complexity index is 218. The lowest BCUT2D eigenvalue weighted by Crippen LogP contribution is -2.29. The molecule has 0 aromatic heterocycles. The van der Waals surface area contributed by atoms with E-state index >= 15 is 0 Å². The summed E-state index contributed by atoms with van der Waals surface area (Å²) in [6.45, 7) is 0.355. The van der Waals surface area contributed by atoms with Gasteiger partial charge < -0.3 is 16.6 Å². The van der Waals surface area contributed by atoms with Gasteiger partial charge in [-0.3, -0.25) is 9.79 Å². The number of carboxylic acids is 1. The smallest absolute Gasteiger partial charge is 0.323 e. The topological polar surface area (TPSA) is 105 Å². The number of carbonyl (C=O) groups is 1. The van der Waals surface area contributed by atoms with Crippen molar-refractivity contribution in [3.8, 4) is 0 Å². The van der Waals surface area contributed by atoms with Crippen LogP contribution in [0, 0.1) is 0 Å². The minimum atomic E-state index is -1.08. The molecule has 0 radical (unpaired) electrons. The molecule has 0 amide bonds. The van der Waals surface area contributed by atoms with Gasteiger partial charge in [-0.25, -0.2) is 0 Å². The fraction of sp³-hybridized carbons (Fsp3) is 0.667. The van der Waals surface area contributed by atoms with Crippen molar-refractivity contribution >= 4 is 35.5 Å². The summed E-state index contributed by atoms with van der Waals surface area (Å²) >= 11 is 10.6. The first kappa shape index (κ1) is 13.3. The van der Waals surface area contributed by atoms with Crippen LogP contribution in [0.2, 0.25) is 0 Å². The van der Waals surface area contributed by atoms with E-state index in [4.69, 9.17) is 40.1 Å². The van der Waals surface area contributed by atoms with Gasteiger partial charge in [0.05, 0.1) is 0 Å². The minimum Gasteiger partial charge on any atom is -0.480 e. The van der Waals surface area contributed by atoms with Crippen LogP contribution in [0.15, 0.2) is 4.99 Å². The van der Waals surface area contributed by atoms with Crippen molar-refractivity contribution in [1.29, 1.82) is 0 Å². The number of nitrogens with zero attached hydrogens (tertiary/aromatic N) is 2. The zero-order chi connectivity index (χ0) is 11.1.